The molecule has 0 spiro atoms. The Morgan fingerprint density at radius 2 is 1.95 bits per heavy atom. The molecule has 0 bridgehead atoms. The van der Waals surface area contributed by atoms with E-state index in [-0.39, 0.29) is 0 Å². The Balaban J connectivity index is 1.57. The Morgan fingerprint density at radius 3 is 2.80 bits per heavy atom. The summed E-state index contributed by atoms with van der Waals surface area (Å²) in [7, 11) is 0. The van der Waals surface area contributed by atoms with E-state index in [0.717, 1.165) is 12.0 Å². The highest BCUT2D eigenvalue weighted by atomic mass is 32.1. The van der Waals surface area contributed by atoms with Crippen molar-refractivity contribution in [3.63, 3.8) is 0 Å². The van der Waals surface area contributed by atoms with Crippen molar-refractivity contribution in [1.29, 1.82) is 0 Å². The lowest BCUT2D eigenvalue weighted by molar-refractivity contribution is 0.216. The number of nitrogens with zero attached hydrogens (tertiary/aromatic N) is 2. The smallest absolute Gasteiger partial charge is 0.0328 e. The zero-order valence-corrected chi connectivity index (χ0v) is 13.8. The maximum atomic E-state index is 2.72. The van der Waals surface area contributed by atoms with Crippen LogP contribution in [0, 0.1) is 5.92 Å². The molecule has 0 aliphatic carbocycles. The summed E-state index contributed by atoms with van der Waals surface area (Å²) in [5.41, 5.74) is 0. The first-order valence-electron chi connectivity index (χ1n) is 8.24. The minimum atomic E-state index is 0.770. The average molecular weight is 292 g/mol. The van der Waals surface area contributed by atoms with Gasteiger partial charge in [0.25, 0.3) is 0 Å². The van der Waals surface area contributed by atoms with Crippen LogP contribution in [0.25, 0.3) is 0 Å². The molecule has 0 amide bonds. The van der Waals surface area contributed by atoms with E-state index in [2.05, 4.69) is 35.8 Å². The van der Waals surface area contributed by atoms with Crippen LogP contribution in [0.5, 0.6) is 0 Å². The highest BCUT2D eigenvalue weighted by Gasteiger charge is 2.28. The van der Waals surface area contributed by atoms with Crippen LogP contribution in [0.4, 0.5) is 0 Å². The van der Waals surface area contributed by atoms with Crippen molar-refractivity contribution in [2.45, 2.75) is 52.1 Å². The summed E-state index contributed by atoms with van der Waals surface area (Å²) in [6.07, 6.45) is 5.41. The van der Waals surface area contributed by atoms with Crippen molar-refractivity contribution in [1.82, 2.24) is 9.80 Å². The minimum absolute atomic E-state index is 0.770. The van der Waals surface area contributed by atoms with Gasteiger partial charge in [-0.15, -0.1) is 11.3 Å². The molecule has 2 aliphatic rings. The second-order valence-electron chi connectivity index (χ2n) is 6.89. The summed E-state index contributed by atoms with van der Waals surface area (Å²) in [6, 6.07) is 5.55. The predicted molar refractivity (Wildman–Crippen MR) is 87.4 cm³/mol. The van der Waals surface area contributed by atoms with Crippen LogP contribution in [-0.4, -0.2) is 42.0 Å². The number of hydrogen-bond acceptors (Lipinski definition) is 3. The van der Waals surface area contributed by atoms with Gasteiger partial charge in [-0.05, 0) is 63.4 Å². The van der Waals surface area contributed by atoms with Crippen LogP contribution in [0.2, 0.25) is 0 Å². The first-order chi connectivity index (χ1) is 9.70. The van der Waals surface area contributed by atoms with Gasteiger partial charge in [0.1, 0.15) is 0 Å². The average Bonchev–Trinajstić information content (AvgIpc) is 2.95. The van der Waals surface area contributed by atoms with Crippen molar-refractivity contribution in [3.05, 3.63) is 21.9 Å². The van der Waals surface area contributed by atoms with Crippen molar-refractivity contribution < 1.29 is 0 Å². The SMILES string of the molecule is CC(C)Cc1ccc(CN2CCCN3CCC[C@H]3C2)s1. The van der Waals surface area contributed by atoms with Gasteiger partial charge in [0.2, 0.25) is 0 Å². The molecule has 0 N–H and O–H groups in total. The molecule has 1 aromatic heterocycles. The quantitative estimate of drug-likeness (QED) is 0.836. The lowest BCUT2D eigenvalue weighted by atomic mass is 10.1. The van der Waals surface area contributed by atoms with Gasteiger partial charge in [-0.25, -0.2) is 0 Å². The van der Waals surface area contributed by atoms with E-state index in [9.17, 15) is 0 Å². The number of hydrogen-bond donors (Lipinski definition) is 0. The van der Waals surface area contributed by atoms with Gasteiger partial charge in [0.05, 0.1) is 0 Å². The fourth-order valence-electron chi connectivity index (χ4n) is 3.67. The molecule has 0 radical (unpaired) electrons. The Bertz CT molecular complexity index is 426. The lowest BCUT2D eigenvalue weighted by Crippen LogP contribution is -2.36. The summed E-state index contributed by atoms with van der Waals surface area (Å²) in [5, 5.41) is 0. The van der Waals surface area contributed by atoms with Crippen molar-refractivity contribution in [2.24, 2.45) is 5.92 Å². The van der Waals surface area contributed by atoms with Crippen molar-refractivity contribution in [3.8, 4) is 0 Å². The Morgan fingerprint density at radius 1 is 1.15 bits per heavy atom. The molecule has 2 saturated heterocycles. The Labute approximate surface area is 127 Å². The zero-order chi connectivity index (χ0) is 13.9. The predicted octanol–water partition coefficient (Wildman–Crippen LogP) is 3.62. The van der Waals surface area contributed by atoms with Gasteiger partial charge in [-0.1, -0.05) is 13.8 Å². The molecule has 3 heteroatoms. The van der Waals surface area contributed by atoms with Crippen molar-refractivity contribution >= 4 is 11.3 Å². The molecular formula is C17H28N2S. The molecule has 0 unspecified atom stereocenters. The summed E-state index contributed by atoms with van der Waals surface area (Å²) in [4.78, 5) is 8.54. The standard InChI is InChI=1S/C17H28N2S/c1-14(2)11-16-6-7-17(20-16)13-18-8-4-10-19-9-3-5-15(19)12-18/h6-7,14-15H,3-5,8-13H2,1-2H3/t15-/m0/s1. The lowest BCUT2D eigenvalue weighted by Gasteiger charge is -2.25. The van der Waals surface area contributed by atoms with E-state index < -0.39 is 0 Å². The van der Waals surface area contributed by atoms with E-state index in [1.807, 2.05) is 11.3 Å². The molecule has 1 atom stereocenters. The van der Waals surface area contributed by atoms with Crippen LogP contribution < -0.4 is 0 Å². The fraction of sp³-hybridized carbons (Fsp3) is 0.765. The first kappa shape index (κ1) is 14.6. The molecule has 3 heterocycles. The summed E-state index contributed by atoms with van der Waals surface area (Å²) < 4.78 is 0. The third-order valence-electron chi connectivity index (χ3n) is 4.59. The minimum Gasteiger partial charge on any atom is -0.299 e. The molecule has 112 valence electrons. The van der Waals surface area contributed by atoms with Crippen molar-refractivity contribution in [2.75, 3.05) is 26.2 Å². The molecular weight excluding hydrogens is 264 g/mol. The highest BCUT2D eigenvalue weighted by Crippen LogP contribution is 2.25. The van der Waals surface area contributed by atoms with Crippen LogP contribution in [0.3, 0.4) is 0 Å². The topological polar surface area (TPSA) is 6.48 Å². The van der Waals surface area contributed by atoms with E-state index in [0.29, 0.717) is 0 Å². The highest BCUT2D eigenvalue weighted by molar-refractivity contribution is 7.11. The maximum Gasteiger partial charge on any atom is 0.0328 e. The fourth-order valence-corrected chi connectivity index (χ4v) is 4.94. The van der Waals surface area contributed by atoms with E-state index in [4.69, 9.17) is 0 Å². The molecule has 2 fully saturated rings. The number of fused-ring (bicyclic) bond motifs is 1. The summed E-state index contributed by atoms with van der Waals surface area (Å²) in [6.45, 7) is 11.0. The normalized spacial score (nSPS) is 25.1. The largest absolute Gasteiger partial charge is 0.299 e. The van der Waals surface area contributed by atoms with Gasteiger partial charge in [0, 0.05) is 28.9 Å². The van der Waals surface area contributed by atoms with E-state index in [1.165, 1.54) is 58.4 Å². The molecule has 20 heavy (non-hydrogen) atoms. The number of thiophene rings is 1. The third kappa shape index (κ3) is 3.63. The number of rotatable bonds is 4. The van der Waals surface area contributed by atoms with Gasteiger partial charge in [0.15, 0.2) is 0 Å². The molecule has 2 aliphatic heterocycles. The van der Waals surface area contributed by atoms with Gasteiger partial charge in [-0.2, -0.15) is 0 Å². The van der Waals surface area contributed by atoms with E-state index in [1.54, 1.807) is 9.75 Å². The van der Waals surface area contributed by atoms with E-state index >= 15 is 0 Å². The molecule has 3 rings (SSSR count). The maximum absolute atomic E-state index is 2.72. The molecule has 0 aromatic carbocycles. The second-order valence-corrected chi connectivity index (χ2v) is 8.14. The monoisotopic (exact) mass is 292 g/mol. The third-order valence-corrected chi connectivity index (χ3v) is 5.69. The zero-order valence-electron chi connectivity index (χ0n) is 13.0. The summed E-state index contributed by atoms with van der Waals surface area (Å²) >= 11 is 2.03. The molecule has 0 saturated carbocycles. The van der Waals surface area contributed by atoms with Crippen LogP contribution >= 0.6 is 11.3 Å². The second kappa shape index (κ2) is 6.59. The Hall–Kier alpha value is -0.380. The van der Waals surface area contributed by atoms with Gasteiger partial charge < -0.3 is 0 Å². The molecule has 1 aromatic rings. The van der Waals surface area contributed by atoms with Gasteiger partial charge in [-0.3, -0.25) is 9.80 Å². The van der Waals surface area contributed by atoms with Crippen LogP contribution in [0.15, 0.2) is 12.1 Å². The van der Waals surface area contributed by atoms with Crippen LogP contribution in [0.1, 0.15) is 42.9 Å². The Kier molecular flexibility index (Phi) is 4.79. The first-order valence-corrected chi connectivity index (χ1v) is 9.06. The van der Waals surface area contributed by atoms with Crippen LogP contribution in [-0.2, 0) is 13.0 Å². The van der Waals surface area contributed by atoms with Gasteiger partial charge >= 0.3 is 0 Å². The summed E-state index contributed by atoms with van der Waals surface area (Å²) in [5.74, 6) is 0.770. The molecule has 2 nitrogen and oxygen atoms in total.